The van der Waals surface area contributed by atoms with E-state index in [1.165, 1.54) is 25.0 Å². The third-order valence-electron chi connectivity index (χ3n) is 2.84. The molecular formula is C12H15FN2. The molecule has 0 radical (unpaired) electrons. The molecule has 1 aromatic rings. The minimum Gasteiger partial charge on any atom is -0.387 e. The third kappa shape index (κ3) is 2.55. The molecule has 0 bridgehead atoms. The largest absolute Gasteiger partial charge is 0.387 e. The first-order valence-electron chi connectivity index (χ1n) is 5.35. The summed E-state index contributed by atoms with van der Waals surface area (Å²) >= 11 is 0. The number of nitrogens with two attached hydrogens (primary N) is 1. The Morgan fingerprint density at radius 2 is 2.07 bits per heavy atom. The van der Waals surface area contributed by atoms with Crippen molar-refractivity contribution in [2.24, 2.45) is 16.6 Å². The van der Waals surface area contributed by atoms with Crippen LogP contribution in [0.2, 0.25) is 0 Å². The molecule has 2 rings (SSSR count). The fraction of sp³-hybridized carbons (Fsp3) is 0.417. The first-order chi connectivity index (χ1) is 7.25. The van der Waals surface area contributed by atoms with Gasteiger partial charge in [-0.2, -0.15) is 0 Å². The Morgan fingerprint density at radius 3 is 2.73 bits per heavy atom. The van der Waals surface area contributed by atoms with Crippen molar-refractivity contribution in [3.05, 3.63) is 30.1 Å². The molecule has 0 aromatic heterocycles. The van der Waals surface area contributed by atoms with E-state index >= 15 is 0 Å². The number of halogens is 1. The van der Waals surface area contributed by atoms with Crippen LogP contribution in [-0.2, 0) is 0 Å². The van der Waals surface area contributed by atoms with Gasteiger partial charge in [-0.15, -0.1) is 0 Å². The molecule has 0 atom stereocenters. The van der Waals surface area contributed by atoms with E-state index in [0.29, 0.717) is 17.4 Å². The number of benzene rings is 1. The summed E-state index contributed by atoms with van der Waals surface area (Å²) in [6.07, 6.45) is 4.68. The number of hydrogen-bond donors (Lipinski definition) is 1. The highest BCUT2D eigenvalue weighted by Crippen LogP contribution is 2.26. The summed E-state index contributed by atoms with van der Waals surface area (Å²) in [7, 11) is 0. The summed E-state index contributed by atoms with van der Waals surface area (Å²) in [5.74, 6) is 0.779. The molecule has 3 heteroatoms. The van der Waals surface area contributed by atoms with Crippen molar-refractivity contribution in [1.82, 2.24) is 0 Å². The van der Waals surface area contributed by atoms with Crippen molar-refractivity contribution in [3.63, 3.8) is 0 Å². The number of amidine groups is 1. The van der Waals surface area contributed by atoms with Gasteiger partial charge in [0.1, 0.15) is 11.7 Å². The predicted octanol–water partition coefficient (Wildman–Crippen LogP) is 3.00. The minimum atomic E-state index is -0.268. The molecule has 0 aliphatic heterocycles. The molecule has 1 aliphatic rings. The van der Waals surface area contributed by atoms with Crippen molar-refractivity contribution >= 4 is 11.5 Å². The topological polar surface area (TPSA) is 38.4 Å². The van der Waals surface area contributed by atoms with Gasteiger partial charge in [-0.25, -0.2) is 9.38 Å². The number of nitrogens with zero attached hydrogens (tertiary/aromatic N) is 1. The van der Waals surface area contributed by atoms with Crippen molar-refractivity contribution < 1.29 is 4.39 Å². The summed E-state index contributed by atoms with van der Waals surface area (Å²) in [6, 6.07) is 6.23. The maximum atomic E-state index is 12.9. The van der Waals surface area contributed by atoms with Gasteiger partial charge in [0.15, 0.2) is 0 Å². The normalized spacial score (nSPS) is 18.3. The van der Waals surface area contributed by atoms with Crippen LogP contribution in [0.1, 0.15) is 25.7 Å². The molecule has 2 N–H and O–H groups in total. The third-order valence-corrected chi connectivity index (χ3v) is 2.84. The smallest absolute Gasteiger partial charge is 0.125 e. The fourth-order valence-corrected chi connectivity index (χ4v) is 2.01. The summed E-state index contributed by atoms with van der Waals surface area (Å²) in [5.41, 5.74) is 6.50. The molecule has 80 valence electrons. The Hall–Kier alpha value is -1.38. The second kappa shape index (κ2) is 4.43. The average molecular weight is 206 g/mol. The summed E-state index contributed by atoms with van der Waals surface area (Å²) in [6.45, 7) is 0. The molecule has 0 heterocycles. The van der Waals surface area contributed by atoms with Gasteiger partial charge in [0, 0.05) is 5.92 Å². The molecular weight excluding hydrogens is 191 g/mol. The molecule has 1 aliphatic carbocycles. The summed E-state index contributed by atoms with van der Waals surface area (Å²) < 4.78 is 12.9. The Bertz CT molecular complexity index is 368. The molecule has 1 fully saturated rings. The standard InChI is InChI=1S/C12H15FN2/c13-10-6-3-7-11(8-10)15-12(14)9-4-1-2-5-9/h3,6-9H,1-2,4-5H2,(H2,14,15). The van der Waals surface area contributed by atoms with Gasteiger partial charge in [0.2, 0.25) is 0 Å². The SMILES string of the molecule is NC(=Nc1cccc(F)c1)C1CCCC1. The van der Waals surface area contributed by atoms with Crippen LogP contribution in [0.25, 0.3) is 0 Å². The van der Waals surface area contributed by atoms with E-state index in [4.69, 9.17) is 5.73 Å². The number of rotatable bonds is 2. The lowest BCUT2D eigenvalue weighted by atomic mass is 10.1. The average Bonchev–Trinajstić information content (AvgIpc) is 2.70. The van der Waals surface area contributed by atoms with Gasteiger partial charge in [-0.1, -0.05) is 18.9 Å². The van der Waals surface area contributed by atoms with Crippen LogP contribution in [0.4, 0.5) is 10.1 Å². The number of hydrogen-bond acceptors (Lipinski definition) is 1. The van der Waals surface area contributed by atoms with Gasteiger partial charge in [-0.3, -0.25) is 0 Å². The second-order valence-electron chi connectivity index (χ2n) is 4.00. The lowest BCUT2D eigenvalue weighted by molar-refractivity contribution is 0.628. The van der Waals surface area contributed by atoms with Gasteiger partial charge in [0.25, 0.3) is 0 Å². The van der Waals surface area contributed by atoms with Crippen molar-refractivity contribution in [2.75, 3.05) is 0 Å². The maximum absolute atomic E-state index is 12.9. The Kier molecular flexibility index (Phi) is 2.99. The lowest BCUT2D eigenvalue weighted by Gasteiger charge is -2.07. The van der Waals surface area contributed by atoms with Gasteiger partial charge < -0.3 is 5.73 Å². The van der Waals surface area contributed by atoms with Crippen LogP contribution in [0.3, 0.4) is 0 Å². The van der Waals surface area contributed by atoms with Crippen LogP contribution in [-0.4, -0.2) is 5.84 Å². The quantitative estimate of drug-likeness (QED) is 0.586. The molecule has 15 heavy (non-hydrogen) atoms. The van der Waals surface area contributed by atoms with E-state index in [0.717, 1.165) is 12.8 Å². The van der Waals surface area contributed by atoms with Crippen LogP contribution in [0.5, 0.6) is 0 Å². The zero-order valence-corrected chi connectivity index (χ0v) is 8.62. The van der Waals surface area contributed by atoms with E-state index in [9.17, 15) is 4.39 Å². The van der Waals surface area contributed by atoms with Crippen molar-refractivity contribution in [2.45, 2.75) is 25.7 Å². The van der Waals surface area contributed by atoms with E-state index in [1.54, 1.807) is 12.1 Å². The first-order valence-corrected chi connectivity index (χ1v) is 5.35. The van der Waals surface area contributed by atoms with Crippen molar-refractivity contribution in [3.8, 4) is 0 Å². The summed E-state index contributed by atoms with van der Waals surface area (Å²) in [5, 5.41) is 0. The Labute approximate surface area is 89.0 Å². The molecule has 0 unspecified atom stereocenters. The molecule has 0 spiro atoms. The fourth-order valence-electron chi connectivity index (χ4n) is 2.01. The summed E-state index contributed by atoms with van der Waals surface area (Å²) in [4.78, 5) is 4.26. The maximum Gasteiger partial charge on any atom is 0.125 e. The van der Waals surface area contributed by atoms with Crippen LogP contribution >= 0.6 is 0 Å². The van der Waals surface area contributed by atoms with Crippen LogP contribution in [0.15, 0.2) is 29.3 Å². The van der Waals surface area contributed by atoms with E-state index < -0.39 is 0 Å². The number of aliphatic imine (C=N–C) groups is 1. The highest BCUT2D eigenvalue weighted by molar-refractivity contribution is 5.85. The van der Waals surface area contributed by atoms with E-state index in [-0.39, 0.29) is 5.82 Å². The highest BCUT2D eigenvalue weighted by Gasteiger charge is 2.18. The van der Waals surface area contributed by atoms with E-state index in [2.05, 4.69) is 4.99 Å². The van der Waals surface area contributed by atoms with Crippen LogP contribution < -0.4 is 5.73 Å². The van der Waals surface area contributed by atoms with Gasteiger partial charge >= 0.3 is 0 Å². The molecule has 0 amide bonds. The molecule has 1 aromatic carbocycles. The van der Waals surface area contributed by atoms with E-state index in [1.807, 2.05) is 0 Å². The van der Waals surface area contributed by atoms with Gasteiger partial charge in [-0.05, 0) is 31.0 Å². The Morgan fingerprint density at radius 1 is 1.33 bits per heavy atom. The van der Waals surface area contributed by atoms with Crippen LogP contribution in [0, 0.1) is 11.7 Å². The van der Waals surface area contributed by atoms with Gasteiger partial charge in [0.05, 0.1) is 5.69 Å². The zero-order chi connectivity index (χ0) is 10.7. The predicted molar refractivity (Wildman–Crippen MR) is 59.6 cm³/mol. The monoisotopic (exact) mass is 206 g/mol. The lowest BCUT2D eigenvalue weighted by Crippen LogP contribution is -2.20. The second-order valence-corrected chi connectivity index (χ2v) is 4.00. The first kappa shape index (κ1) is 10.1. The molecule has 0 saturated heterocycles. The Balaban J connectivity index is 2.14. The highest BCUT2D eigenvalue weighted by atomic mass is 19.1. The minimum absolute atomic E-state index is 0.268. The molecule has 1 saturated carbocycles. The molecule has 2 nitrogen and oxygen atoms in total. The zero-order valence-electron chi connectivity index (χ0n) is 8.62. The van der Waals surface area contributed by atoms with Crippen molar-refractivity contribution in [1.29, 1.82) is 0 Å².